The average molecular weight is 152 g/mol. The fourth-order valence-electron chi connectivity index (χ4n) is 0.264. The topological polar surface area (TPSA) is 74.6 Å². The molecule has 0 unspecified atom stereocenters. The van der Waals surface area contributed by atoms with Crippen LogP contribution in [0.15, 0.2) is 11.5 Å². The van der Waals surface area contributed by atoms with E-state index in [0.717, 1.165) is 0 Å². The van der Waals surface area contributed by atoms with Gasteiger partial charge in [-0.2, -0.15) is 8.42 Å². The molecule has 0 aromatic rings. The third kappa shape index (κ3) is 7.61. The van der Waals surface area contributed by atoms with Crippen molar-refractivity contribution in [2.45, 2.75) is 6.42 Å². The maximum absolute atomic E-state index is 9.89. The van der Waals surface area contributed by atoms with E-state index < -0.39 is 10.1 Å². The maximum atomic E-state index is 9.89. The molecule has 4 nitrogen and oxygen atoms in total. The molecule has 0 aliphatic heterocycles. The molecule has 0 heterocycles. The SMILES string of the molecule is O=S(=O)(O)/C=C/CCO. The molecule has 0 aromatic carbocycles. The average Bonchev–Trinajstić information content (AvgIpc) is 1.63. The van der Waals surface area contributed by atoms with Crippen LogP contribution < -0.4 is 0 Å². The van der Waals surface area contributed by atoms with Crippen LogP contribution in [0.25, 0.3) is 0 Å². The lowest BCUT2D eigenvalue weighted by Crippen LogP contribution is -1.89. The Bertz CT molecular complexity index is 179. The molecule has 0 saturated carbocycles. The monoisotopic (exact) mass is 152 g/mol. The summed E-state index contributed by atoms with van der Waals surface area (Å²) >= 11 is 0. The molecule has 5 heteroatoms. The van der Waals surface area contributed by atoms with Gasteiger partial charge in [0.05, 0.1) is 5.41 Å². The zero-order valence-corrected chi connectivity index (χ0v) is 5.50. The molecule has 0 spiro atoms. The first kappa shape index (κ1) is 8.61. The van der Waals surface area contributed by atoms with Crippen LogP contribution in [0.1, 0.15) is 6.42 Å². The molecular formula is C4H8O4S. The highest BCUT2D eigenvalue weighted by atomic mass is 32.2. The van der Waals surface area contributed by atoms with Crippen LogP contribution in [0.2, 0.25) is 0 Å². The third-order valence-corrected chi connectivity index (χ3v) is 1.10. The fraction of sp³-hybridized carbons (Fsp3) is 0.500. The summed E-state index contributed by atoms with van der Waals surface area (Å²) in [7, 11) is -3.99. The van der Waals surface area contributed by atoms with Crippen molar-refractivity contribution in [3.8, 4) is 0 Å². The van der Waals surface area contributed by atoms with Gasteiger partial charge < -0.3 is 5.11 Å². The van der Waals surface area contributed by atoms with Crippen LogP contribution in [0.5, 0.6) is 0 Å². The van der Waals surface area contributed by atoms with Gasteiger partial charge in [0, 0.05) is 6.61 Å². The first-order valence-corrected chi connectivity index (χ1v) is 3.81. The number of aliphatic hydroxyl groups excluding tert-OH is 1. The molecule has 0 rings (SSSR count). The van der Waals surface area contributed by atoms with Crippen LogP contribution in [-0.4, -0.2) is 24.7 Å². The van der Waals surface area contributed by atoms with E-state index in [1.165, 1.54) is 6.08 Å². The van der Waals surface area contributed by atoms with Crippen LogP contribution in [-0.2, 0) is 10.1 Å². The van der Waals surface area contributed by atoms with Gasteiger partial charge in [0.2, 0.25) is 0 Å². The minimum Gasteiger partial charge on any atom is -0.396 e. The predicted molar refractivity (Wildman–Crippen MR) is 32.4 cm³/mol. The molecule has 0 atom stereocenters. The van der Waals surface area contributed by atoms with E-state index >= 15 is 0 Å². The number of hydrogen-bond donors (Lipinski definition) is 2. The molecule has 0 aliphatic carbocycles. The summed E-state index contributed by atoms with van der Waals surface area (Å²) in [5, 5.41) is 8.78. The van der Waals surface area contributed by atoms with Gasteiger partial charge in [0.25, 0.3) is 10.1 Å². The lowest BCUT2D eigenvalue weighted by Gasteiger charge is -1.82. The highest BCUT2D eigenvalue weighted by Gasteiger charge is 1.92. The van der Waals surface area contributed by atoms with Crippen molar-refractivity contribution in [2.75, 3.05) is 6.61 Å². The van der Waals surface area contributed by atoms with Crippen LogP contribution in [0, 0.1) is 0 Å². The Morgan fingerprint density at radius 3 is 2.33 bits per heavy atom. The number of hydrogen-bond acceptors (Lipinski definition) is 3. The molecule has 0 amide bonds. The highest BCUT2D eigenvalue weighted by Crippen LogP contribution is 1.86. The summed E-state index contributed by atoms with van der Waals surface area (Å²) < 4.78 is 27.8. The smallest absolute Gasteiger partial charge is 0.287 e. The van der Waals surface area contributed by atoms with Crippen molar-refractivity contribution in [1.29, 1.82) is 0 Å². The zero-order valence-electron chi connectivity index (χ0n) is 4.69. The number of aliphatic hydroxyl groups is 1. The molecule has 54 valence electrons. The van der Waals surface area contributed by atoms with Crippen LogP contribution in [0.4, 0.5) is 0 Å². The largest absolute Gasteiger partial charge is 0.396 e. The lowest BCUT2D eigenvalue weighted by molar-refractivity contribution is 0.302. The second kappa shape index (κ2) is 3.60. The maximum Gasteiger partial charge on any atom is 0.287 e. The molecule has 0 aromatic heterocycles. The molecular weight excluding hydrogens is 144 g/mol. The van der Waals surface area contributed by atoms with Gasteiger partial charge in [-0.3, -0.25) is 4.55 Å². The normalized spacial score (nSPS) is 12.7. The first-order valence-electron chi connectivity index (χ1n) is 2.31. The second-order valence-corrected chi connectivity index (χ2v) is 2.70. The molecule has 9 heavy (non-hydrogen) atoms. The summed E-state index contributed by atoms with van der Waals surface area (Å²) in [4.78, 5) is 0. The van der Waals surface area contributed by atoms with Gasteiger partial charge in [-0.25, -0.2) is 0 Å². The van der Waals surface area contributed by atoms with E-state index in [9.17, 15) is 8.42 Å². The van der Waals surface area contributed by atoms with Gasteiger partial charge in [0.1, 0.15) is 0 Å². The van der Waals surface area contributed by atoms with E-state index in [-0.39, 0.29) is 13.0 Å². The van der Waals surface area contributed by atoms with Crippen LogP contribution >= 0.6 is 0 Å². The van der Waals surface area contributed by atoms with Crippen molar-refractivity contribution in [3.05, 3.63) is 11.5 Å². The Hall–Kier alpha value is -0.390. The van der Waals surface area contributed by atoms with Gasteiger partial charge in [-0.1, -0.05) is 6.08 Å². The minimum absolute atomic E-state index is 0.119. The molecule has 0 radical (unpaired) electrons. The summed E-state index contributed by atoms with van der Waals surface area (Å²) in [6, 6.07) is 0. The van der Waals surface area contributed by atoms with E-state index in [2.05, 4.69) is 0 Å². The van der Waals surface area contributed by atoms with E-state index in [1.807, 2.05) is 0 Å². The summed E-state index contributed by atoms with van der Waals surface area (Å²) in [5.41, 5.74) is 0. The molecule has 0 saturated heterocycles. The predicted octanol–water partition coefficient (Wildman–Crippen LogP) is -0.230. The summed E-state index contributed by atoms with van der Waals surface area (Å²) in [6.45, 7) is -0.119. The Morgan fingerprint density at radius 1 is 1.44 bits per heavy atom. The Kier molecular flexibility index (Phi) is 3.44. The van der Waals surface area contributed by atoms with Crippen molar-refractivity contribution < 1.29 is 18.1 Å². The van der Waals surface area contributed by atoms with Gasteiger partial charge in [-0.15, -0.1) is 0 Å². The molecule has 2 N–H and O–H groups in total. The number of rotatable bonds is 3. The molecule has 0 aliphatic rings. The Morgan fingerprint density at radius 2 is 2.00 bits per heavy atom. The van der Waals surface area contributed by atoms with E-state index in [0.29, 0.717) is 5.41 Å². The van der Waals surface area contributed by atoms with Gasteiger partial charge >= 0.3 is 0 Å². The van der Waals surface area contributed by atoms with Crippen molar-refractivity contribution in [3.63, 3.8) is 0 Å². The van der Waals surface area contributed by atoms with Crippen molar-refractivity contribution in [2.24, 2.45) is 0 Å². The van der Waals surface area contributed by atoms with E-state index in [4.69, 9.17) is 9.66 Å². The Labute approximate surface area is 53.6 Å². The first-order chi connectivity index (χ1) is 4.06. The fourth-order valence-corrected chi connectivity index (χ4v) is 0.643. The minimum atomic E-state index is -3.99. The third-order valence-electron chi connectivity index (χ3n) is 0.564. The zero-order chi connectivity index (χ0) is 7.33. The standard InChI is InChI=1S/C4H8O4S/c5-3-1-2-4-9(6,7)8/h2,4-5H,1,3H2,(H,6,7,8)/b4-2+. The van der Waals surface area contributed by atoms with Crippen molar-refractivity contribution >= 4 is 10.1 Å². The lowest BCUT2D eigenvalue weighted by atomic mass is 10.5. The van der Waals surface area contributed by atoms with Gasteiger partial charge in [-0.05, 0) is 6.42 Å². The van der Waals surface area contributed by atoms with Crippen LogP contribution in [0.3, 0.4) is 0 Å². The molecule has 0 bridgehead atoms. The quantitative estimate of drug-likeness (QED) is 0.548. The van der Waals surface area contributed by atoms with E-state index in [1.54, 1.807) is 0 Å². The Balaban J connectivity index is 3.73. The molecule has 0 fully saturated rings. The highest BCUT2D eigenvalue weighted by molar-refractivity contribution is 7.88. The summed E-state index contributed by atoms with van der Waals surface area (Å²) in [6.07, 6.45) is 1.41. The summed E-state index contributed by atoms with van der Waals surface area (Å²) in [5.74, 6) is 0. The van der Waals surface area contributed by atoms with Gasteiger partial charge in [0.15, 0.2) is 0 Å². The second-order valence-electron chi connectivity index (χ2n) is 1.40. The van der Waals surface area contributed by atoms with Crippen molar-refractivity contribution in [1.82, 2.24) is 0 Å².